The zero-order chi connectivity index (χ0) is 10.4. The van der Waals surface area contributed by atoms with E-state index in [2.05, 4.69) is 10.6 Å². The van der Waals surface area contributed by atoms with E-state index in [1.807, 2.05) is 0 Å². The Labute approximate surface area is 110 Å². The van der Waals surface area contributed by atoms with Crippen molar-refractivity contribution in [2.24, 2.45) is 0 Å². The molecule has 0 aromatic heterocycles. The minimum Gasteiger partial charge on any atom is -0.540 e. The summed E-state index contributed by atoms with van der Waals surface area (Å²) in [4.78, 5) is 21.2. The van der Waals surface area contributed by atoms with Crippen LogP contribution in [0, 0.1) is 7.43 Å². The summed E-state index contributed by atoms with van der Waals surface area (Å²) in [5.41, 5.74) is 1.46. The van der Waals surface area contributed by atoms with Crippen LogP contribution in [-0.4, -0.2) is 25.8 Å². The van der Waals surface area contributed by atoms with Gasteiger partial charge in [0.05, 0.1) is 0 Å². The molecule has 86 valence electrons. The van der Waals surface area contributed by atoms with Crippen LogP contribution in [0.3, 0.4) is 0 Å². The van der Waals surface area contributed by atoms with Crippen LogP contribution >= 0.6 is 0 Å². The van der Waals surface area contributed by atoms with Crippen molar-refractivity contribution in [1.29, 1.82) is 0 Å². The van der Waals surface area contributed by atoms with E-state index in [0.29, 0.717) is 5.56 Å². The summed E-state index contributed by atoms with van der Waals surface area (Å²) in [5, 5.41) is 5.35. The van der Waals surface area contributed by atoms with Crippen molar-refractivity contribution < 1.29 is 30.7 Å². The predicted octanol–water partition coefficient (Wildman–Crippen LogP) is 1.02. The number of nitrogens with one attached hydrogen (secondary N) is 2. The smallest absolute Gasteiger partial charge is 0.540 e. The molecule has 0 unspecified atom stereocenters. The quantitative estimate of drug-likeness (QED) is 0.756. The molecule has 0 saturated heterocycles. The molecule has 0 heterocycles. The average molecular weight is 390 g/mol. The molecule has 0 spiro atoms. The Bertz CT molecular complexity index is 325. The molecule has 1 amide bonds. The zero-order valence-corrected chi connectivity index (χ0v) is 12.2. The summed E-state index contributed by atoms with van der Waals surface area (Å²) in [7, 11) is 1.80. The SMILES string of the molecule is CNc1ccc(C(=O)NC[C-]=O)cc1.[CH3-].[W+2]. The van der Waals surface area contributed by atoms with E-state index < -0.39 is 0 Å². The topological polar surface area (TPSA) is 58.2 Å². The second kappa shape index (κ2) is 9.10. The fraction of sp³-hybridized carbons (Fsp3) is 0.182. The van der Waals surface area contributed by atoms with Gasteiger partial charge >= 0.3 is 21.1 Å². The van der Waals surface area contributed by atoms with Crippen molar-refractivity contribution in [3.8, 4) is 0 Å². The second-order valence-electron chi connectivity index (χ2n) is 2.65. The number of anilines is 1. The molecule has 0 aliphatic heterocycles. The van der Waals surface area contributed by atoms with Gasteiger partial charge in [-0.05, 0) is 24.3 Å². The van der Waals surface area contributed by atoms with Crippen LogP contribution in [-0.2, 0) is 25.9 Å². The molecular weight excluding hydrogens is 376 g/mol. The normalized spacial score (nSPS) is 8.06. The first-order valence-electron chi connectivity index (χ1n) is 4.19. The van der Waals surface area contributed by atoms with Gasteiger partial charge in [-0.2, -0.15) is 0 Å². The molecule has 0 atom stereocenters. The van der Waals surface area contributed by atoms with Crippen molar-refractivity contribution in [2.75, 3.05) is 18.9 Å². The summed E-state index contributed by atoms with van der Waals surface area (Å²) < 4.78 is 0. The molecule has 0 radical (unpaired) electrons. The number of amides is 1. The van der Waals surface area contributed by atoms with Crippen LogP contribution in [0.2, 0.25) is 0 Å². The van der Waals surface area contributed by atoms with Crippen molar-refractivity contribution >= 4 is 17.9 Å². The van der Waals surface area contributed by atoms with E-state index in [1.165, 1.54) is 0 Å². The van der Waals surface area contributed by atoms with Gasteiger partial charge in [0, 0.05) is 18.3 Å². The van der Waals surface area contributed by atoms with E-state index in [9.17, 15) is 9.59 Å². The summed E-state index contributed by atoms with van der Waals surface area (Å²) in [6.45, 7) is -0.0768. The molecule has 16 heavy (non-hydrogen) atoms. The number of benzene rings is 1. The molecule has 0 fully saturated rings. The van der Waals surface area contributed by atoms with E-state index in [1.54, 1.807) is 37.6 Å². The molecule has 0 aliphatic carbocycles. The number of carbonyl (C=O) groups excluding carboxylic acids is 2. The van der Waals surface area contributed by atoms with Gasteiger partial charge in [-0.3, -0.25) is 4.79 Å². The maximum Gasteiger partial charge on any atom is 2.00 e. The number of rotatable bonds is 4. The number of hydrogen-bond acceptors (Lipinski definition) is 3. The predicted molar refractivity (Wildman–Crippen MR) is 60.4 cm³/mol. The summed E-state index contributed by atoms with van der Waals surface area (Å²) in [5.74, 6) is -0.268. The van der Waals surface area contributed by atoms with E-state index in [-0.39, 0.29) is 40.9 Å². The molecule has 0 bridgehead atoms. The van der Waals surface area contributed by atoms with Crippen molar-refractivity contribution in [2.45, 2.75) is 0 Å². The van der Waals surface area contributed by atoms with Gasteiger partial charge in [0.25, 0.3) is 0 Å². The largest absolute Gasteiger partial charge is 2.00 e. The van der Waals surface area contributed by atoms with Gasteiger partial charge in [0.1, 0.15) is 0 Å². The van der Waals surface area contributed by atoms with Crippen LogP contribution in [0.5, 0.6) is 0 Å². The Morgan fingerprint density at radius 3 is 2.31 bits per heavy atom. The maximum atomic E-state index is 11.3. The third kappa shape index (κ3) is 5.08. The third-order valence-corrected chi connectivity index (χ3v) is 1.76. The Kier molecular flexibility index (Phi) is 9.81. The summed E-state index contributed by atoms with van der Waals surface area (Å²) in [6, 6.07) is 6.96. The van der Waals surface area contributed by atoms with Crippen LogP contribution in [0.4, 0.5) is 5.69 Å². The Morgan fingerprint density at radius 2 is 1.88 bits per heavy atom. The summed E-state index contributed by atoms with van der Waals surface area (Å²) in [6.07, 6.45) is 1.60. The van der Waals surface area contributed by atoms with E-state index in [4.69, 9.17) is 0 Å². The molecule has 2 N–H and O–H groups in total. The van der Waals surface area contributed by atoms with Crippen LogP contribution in [0.25, 0.3) is 0 Å². The molecule has 1 aromatic rings. The van der Waals surface area contributed by atoms with E-state index >= 15 is 0 Å². The molecular formula is C11H14N2O2W. The Balaban J connectivity index is 0. The molecule has 1 aromatic carbocycles. The Morgan fingerprint density at radius 1 is 1.31 bits per heavy atom. The van der Waals surface area contributed by atoms with Crippen molar-refractivity contribution in [3.05, 3.63) is 37.3 Å². The van der Waals surface area contributed by atoms with Gasteiger partial charge in [0.2, 0.25) is 5.91 Å². The summed E-state index contributed by atoms with van der Waals surface area (Å²) >= 11 is 0. The van der Waals surface area contributed by atoms with Gasteiger partial charge in [-0.15, -0.1) is 0 Å². The van der Waals surface area contributed by atoms with Gasteiger partial charge in [-0.1, -0.05) is 6.54 Å². The minimum absolute atomic E-state index is 0. The fourth-order valence-corrected chi connectivity index (χ4v) is 1.01. The first kappa shape index (κ1) is 17.2. The molecule has 4 nitrogen and oxygen atoms in total. The number of carbonyl (C=O) groups is 1. The number of hydrogen-bond donors (Lipinski definition) is 2. The zero-order valence-electron chi connectivity index (χ0n) is 9.24. The van der Waals surface area contributed by atoms with E-state index in [0.717, 1.165) is 5.69 Å². The fourth-order valence-electron chi connectivity index (χ4n) is 1.01. The molecule has 0 aliphatic rings. The van der Waals surface area contributed by atoms with Crippen LogP contribution in [0.15, 0.2) is 24.3 Å². The van der Waals surface area contributed by atoms with Gasteiger partial charge in [0.15, 0.2) is 0 Å². The van der Waals surface area contributed by atoms with Crippen LogP contribution in [0.1, 0.15) is 10.4 Å². The van der Waals surface area contributed by atoms with Gasteiger partial charge in [-0.25, -0.2) is 6.29 Å². The standard InChI is InChI=1S/C10H11N2O2.CH3.W/c1-11-9-4-2-8(3-5-9)10(14)12-6-7-13;;/h2-5,11H,6H2,1H3,(H,12,14);1H3;/q2*-1;+2. The average Bonchev–Trinajstić information content (AvgIpc) is 2.26. The Hall–Kier alpha value is -1.15. The molecule has 1 rings (SSSR count). The third-order valence-electron chi connectivity index (χ3n) is 1.76. The van der Waals surface area contributed by atoms with Crippen LogP contribution < -0.4 is 10.6 Å². The van der Waals surface area contributed by atoms with Gasteiger partial charge < -0.3 is 22.9 Å². The first-order chi connectivity index (χ1) is 6.77. The minimum atomic E-state index is -0.268. The maximum absolute atomic E-state index is 11.3. The monoisotopic (exact) mass is 390 g/mol. The first-order valence-corrected chi connectivity index (χ1v) is 4.19. The second-order valence-corrected chi connectivity index (χ2v) is 2.65. The molecule has 0 saturated carbocycles. The molecule has 5 heteroatoms. The van der Waals surface area contributed by atoms with Crippen molar-refractivity contribution in [3.63, 3.8) is 0 Å². The van der Waals surface area contributed by atoms with Crippen molar-refractivity contribution in [1.82, 2.24) is 5.32 Å².